The second-order valence-corrected chi connectivity index (χ2v) is 9.59. The van der Waals surface area contributed by atoms with Crippen molar-refractivity contribution < 1.29 is 23.1 Å². The fourth-order valence-electron chi connectivity index (χ4n) is 2.91. The van der Waals surface area contributed by atoms with Gasteiger partial charge in [-0.1, -0.05) is 44.5 Å². The van der Waals surface area contributed by atoms with E-state index in [1.165, 1.54) is 12.1 Å². The maximum absolute atomic E-state index is 13.3. The molecule has 27 heavy (non-hydrogen) atoms. The summed E-state index contributed by atoms with van der Waals surface area (Å²) < 4.78 is 33.2. The van der Waals surface area contributed by atoms with Gasteiger partial charge < -0.3 is 9.84 Å². The van der Waals surface area contributed by atoms with Gasteiger partial charge in [0.15, 0.2) is 0 Å². The Morgan fingerprint density at radius 3 is 2.33 bits per heavy atom. The van der Waals surface area contributed by atoms with E-state index < -0.39 is 22.1 Å². The van der Waals surface area contributed by atoms with E-state index in [2.05, 4.69) is 0 Å². The van der Waals surface area contributed by atoms with Crippen molar-refractivity contribution in [3.05, 3.63) is 53.6 Å². The number of anilines is 1. The molecule has 0 bridgehead atoms. The number of sulfonamides is 1. The summed E-state index contributed by atoms with van der Waals surface area (Å²) in [6, 6.07) is 11.7. The Morgan fingerprint density at radius 2 is 1.78 bits per heavy atom. The molecule has 0 aliphatic carbocycles. The van der Waals surface area contributed by atoms with Crippen molar-refractivity contribution >= 4 is 21.7 Å². The zero-order valence-corrected chi connectivity index (χ0v) is 16.6. The Morgan fingerprint density at radius 1 is 1.15 bits per heavy atom. The molecule has 1 atom stereocenters. The summed E-state index contributed by atoms with van der Waals surface area (Å²) in [5.41, 5.74) is 2.04. The average molecular weight is 389 g/mol. The molecule has 2 aromatic rings. The van der Waals surface area contributed by atoms with E-state index in [-0.39, 0.29) is 22.6 Å². The molecular formula is C20H23NO5S. The highest BCUT2D eigenvalue weighted by atomic mass is 32.2. The van der Waals surface area contributed by atoms with Gasteiger partial charge in [-0.2, -0.15) is 0 Å². The number of hydrogen-bond donors (Lipinski definition) is 1. The third kappa shape index (κ3) is 3.64. The van der Waals surface area contributed by atoms with Crippen molar-refractivity contribution in [1.82, 2.24) is 0 Å². The Balaban J connectivity index is 2.16. The average Bonchev–Trinajstić information content (AvgIpc) is 2.59. The molecule has 1 N–H and O–H groups in total. The minimum absolute atomic E-state index is 0.117. The van der Waals surface area contributed by atoms with Crippen LogP contribution in [0, 0.1) is 6.92 Å². The maximum atomic E-state index is 13.3. The molecule has 3 rings (SSSR count). The first-order valence-electron chi connectivity index (χ1n) is 8.63. The number of rotatable bonds is 3. The highest BCUT2D eigenvalue weighted by Gasteiger charge is 2.38. The molecular weight excluding hydrogens is 366 g/mol. The molecule has 0 aromatic heterocycles. The van der Waals surface area contributed by atoms with Gasteiger partial charge in [0.05, 0.1) is 17.1 Å². The van der Waals surface area contributed by atoms with Crippen LogP contribution in [0.25, 0.3) is 0 Å². The summed E-state index contributed by atoms with van der Waals surface area (Å²) in [5.74, 6) is -0.956. The van der Waals surface area contributed by atoms with Gasteiger partial charge in [-0.3, -0.25) is 4.31 Å². The van der Waals surface area contributed by atoms with Crippen LogP contribution >= 0.6 is 0 Å². The third-order valence-corrected chi connectivity index (χ3v) is 6.37. The van der Waals surface area contributed by atoms with E-state index in [1.54, 1.807) is 24.3 Å². The van der Waals surface area contributed by atoms with Crippen molar-refractivity contribution in [2.24, 2.45) is 0 Å². The van der Waals surface area contributed by atoms with Crippen LogP contribution in [0.2, 0.25) is 0 Å². The number of aryl methyl sites for hydroxylation is 1. The zero-order chi connectivity index (χ0) is 20.0. The molecule has 0 saturated heterocycles. The number of nitrogens with zero attached hydrogens (tertiary/aromatic N) is 1. The van der Waals surface area contributed by atoms with Crippen LogP contribution in [-0.2, 0) is 20.2 Å². The van der Waals surface area contributed by atoms with Crippen molar-refractivity contribution in [2.45, 2.75) is 44.1 Å². The van der Waals surface area contributed by atoms with Gasteiger partial charge in [-0.25, -0.2) is 13.2 Å². The number of benzene rings is 2. The number of carboxylic acids is 1. The van der Waals surface area contributed by atoms with Crippen molar-refractivity contribution in [3.63, 3.8) is 0 Å². The lowest BCUT2D eigenvalue weighted by molar-refractivity contribution is -0.144. The van der Waals surface area contributed by atoms with E-state index in [0.29, 0.717) is 5.69 Å². The SMILES string of the molecule is Cc1ccc(S(=O)(=O)N2CC(C(=O)O)Oc3ccc(C(C)(C)C)cc32)cc1. The number of fused-ring (bicyclic) bond motifs is 1. The molecule has 1 heterocycles. The number of carbonyl (C=O) groups is 1. The summed E-state index contributed by atoms with van der Waals surface area (Å²) in [7, 11) is -3.93. The van der Waals surface area contributed by atoms with Gasteiger partial charge in [0, 0.05) is 0 Å². The summed E-state index contributed by atoms with van der Waals surface area (Å²) in [6.45, 7) is 7.66. The van der Waals surface area contributed by atoms with Gasteiger partial charge in [-0.05, 0) is 42.2 Å². The molecule has 1 aliphatic rings. The second-order valence-electron chi connectivity index (χ2n) is 7.73. The first-order valence-corrected chi connectivity index (χ1v) is 10.1. The molecule has 1 unspecified atom stereocenters. The largest absolute Gasteiger partial charge is 0.478 e. The van der Waals surface area contributed by atoms with Gasteiger partial charge >= 0.3 is 5.97 Å². The van der Waals surface area contributed by atoms with E-state index in [9.17, 15) is 18.3 Å². The normalized spacial score (nSPS) is 17.2. The van der Waals surface area contributed by atoms with Crippen molar-refractivity contribution in [2.75, 3.05) is 10.8 Å². The fraction of sp³-hybridized carbons (Fsp3) is 0.350. The fourth-order valence-corrected chi connectivity index (χ4v) is 4.38. The van der Waals surface area contributed by atoms with E-state index >= 15 is 0 Å². The predicted molar refractivity (Wildman–Crippen MR) is 103 cm³/mol. The van der Waals surface area contributed by atoms with E-state index in [1.807, 2.05) is 33.8 Å². The summed E-state index contributed by atoms with van der Waals surface area (Å²) >= 11 is 0. The predicted octanol–water partition coefficient (Wildman–Crippen LogP) is 3.33. The van der Waals surface area contributed by atoms with Crippen LogP contribution in [0.15, 0.2) is 47.4 Å². The van der Waals surface area contributed by atoms with Gasteiger partial charge in [0.2, 0.25) is 6.10 Å². The summed E-state index contributed by atoms with van der Waals surface area (Å²) in [4.78, 5) is 11.6. The molecule has 6 nitrogen and oxygen atoms in total. The van der Waals surface area contributed by atoms with Crippen LogP contribution in [0.3, 0.4) is 0 Å². The number of aliphatic carboxylic acids is 1. The van der Waals surface area contributed by atoms with Crippen molar-refractivity contribution in [1.29, 1.82) is 0 Å². The standard InChI is InChI=1S/C20H23NO5S/c1-13-5-8-15(9-6-13)27(24,25)21-12-18(19(22)23)26-17-10-7-14(11-16(17)21)20(2,3)4/h5-11,18H,12H2,1-4H3,(H,22,23). The Labute approximate surface area is 159 Å². The third-order valence-electron chi connectivity index (χ3n) is 4.58. The van der Waals surface area contributed by atoms with Crippen LogP contribution in [-0.4, -0.2) is 32.1 Å². The van der Waals surface area contributed by atoms with Crippen LogP contribution in [0.4, 0.5) is 5.69 Å². The topological polar surface area (TPSA) is 83.9 Å². The van der Waals surface area contributed by atoms with Gasteiger partial charge in [0.25, 0.3) is 10.0 Å². The van der Waals surface area contributed by atoms with Gasteiger partial charge in [-0.15, -0.1) is 0 Å². The summed E-state index contributed by atoms with van der Waals surface area (Å²) in [5, 5.41) is 9.39. The molecule has 1 aliphatic heterocycles. The molecule has 0 spiro atoms. The number of ether oxygens (including phenoxy) is 1. The molecule has 7 heteroatoms. The molecule has 0 saturated carbocycles. The Bertz CT molecular complexity index is 974. The monoisotopic (exact) mass is 389 g/mol. The number of hydrogen-bond acceptors (Lipinski definition) is 4. The molecule has 0 radical (unpaired) electrons. The van der Waals surface area contributed by atoms with E-state index in [0.717, 1.165) is 15.4 Å². The first-order chi connectivity index (χ1) is 12.5. The Kier molecular flexibility index (Phi) is 4.67. The summed E-state index contributed by atoms with van der Waals surface area (Å²) in [6.07, 6.45) is -1.27. The molecule has 144 valence electrons. The minimum Gasteiger partial charge on any atom is -0.478 e. The first kappa shape index (κ1) is 19.2. The lowest BCUT2D eigenvalue weighted by Crippen LogP contribution is -2.47. The second kappa shape index (κ2) is 6.56. The van der Waals surface area contributed by atoms with Crippen LogP contribution in [0.1, 0.15) is 31.9 Å². The smallest absolute Gasteiger partial charge is 0.346 e. The zero-order valence-electron chi connectivity index (χ0n) is 15.8. The molecule has 0 fully saturated rings. The van der Waals surface area contributed by atoms with Crippen LogP contribution in [0.5, 0.6) is 5.75 Å². The quantitative estimate of drug-likeness (QED) is 0.870. The lowest BCUT2D eigenvalue weighted by Gasteiger charge is -2.35. The van der Waals surface area contributed by atoms with Crippen LogP contribution < -0.4 is 9.04 Å². The Hall–Kier alpha value is -2.54. The van der Waals surface area contributed by atoms with E-state index in [4.69, 9.17) is 4.74 Å². The lowest BCUT2D eigenvalue weighted by atomic mass is 9.86. The highest BCUT2D eigenvalue weighted by molar-refractivity contribution is 7.92. The minimum atomic E-state index is -3.93. The highest BCUT2D eigenvalue weighted by Crippen LogP contribution is 2.40. The number of carboxylic acid groups (broad SMARTS) is 1. The maximum Gasteiger partial charge on any atom is 0.346 e. The van der Waals surface area contributed by atoms with Crippen molar-refractivity contribution in [3.8, 4) is 5.75 Å². The molecule has 0 amide bonds. The molecule has 2 aromatic carbocycles. The van der Waals surface area contributed by atoms with Gasteiger partial charge in [0.1, 0.15) is 5.75 Å².